The zero-order valence-corrected chi connectivity index (χ0v) is 11.7. The van der Waals surface area contributed by atoms with E-state index in [2.05, 4.69) is 40.8 Å². The molecule has 2 heterocycles. The Morgan fingerprint density at radius 1 is 1.11 bits per heavy atom. The number of aromatic nitrogens is 1. The second-order valence-corrected chi connectivity index (χ2v) is 5.10. The third kappa shape index (κ3) is 3.53. The molecule has 0 unspecified atom stereocenters. The molecule has 0 bridgehead atoms. The van der Waals surface area contributed by atoms with Gasteiger partial charge in [0, 0.05) is 45.0 Å². The van der Waals surface area contributed by atoms with Gasteiger partial charge in [0.1, 0.15) is 0 Å². The quantitative estimate of drug-likeness (QED) is 0.796. The summed E-state index contributed by atoms with van der Waals surface area (Å²) in [6, 6.07) is 6.95. The SMILES string of the molecule is CCC(CC)N1CCN(Cc2ccccn2)CC1. The Bertz CT molecular complexity index is 327. The van der Waals surface area contributed by atoms with Crippen LogP contribution in [0.25, 0.3) is 0 Å². The fourth-order valence-electron chi connectivity index (χ4n) is 2.81. The predicted molar refractivity (Wildman–Crippen MR) is 75.5 cm³/mol. The van der Waals surface area contributed by atoms with Gasteiger partial charge >= 0.3 is 0 Å². The van der Waals surface area contributed by atoms with Crippen molar-refractivity contribution in [1.82, 2.24) is 14.8 Å². The van der Waals surface area contributed by atoms with E-state index in [1.165, 1.54) is 44.7 Å². The van der Waals surface area contributed by atoms with Gasteiger partial charge in [0.25, 0.3) is 0 Å². The van der Waals surface area contributed by atoms with Crippen LogP contribution < -0.4 is 0 Å². The number of hydrogen-bond acceptors (Lipinski definition) is 3. The van der Waals surface area contributed by atoms with Crippen LogP contribution >= 0.6 is 0 Å². The highest BCUT2D eigenvalue weighted by atomic mass is 15.3. The predicted octanol–water partition coefficient (Wildman–Crippen LogP) is 2.39. The molecular formula is C15H25N3. The van der Waals surface area contributed by atoms with E-state index in [0.717, 1.165) is 12.6 Å². The first kappa shape index (κ1) is 13.5. The molecule has 1 saturated heterocycles. The van der Waals surface area contributed by atoms with Crippen LogP contribution in [0.5, 0.6) is 0 Å². The Morgan fingerprint density at radius 2 is 1.83 bits per heavy atom. The number of nitrogens with zero attached hydrogens (tertiary/aromatic N) is 3. The lowest BCUT2D eigenvalue weighted by atomic mass is 10.1. The van der Waals surface area contributed by atoms with Crippen LogP contribution in [-0.4, -0.2) is 47.0 Å². The van der Waals surface area contributed by atoms with E-state index in [1.807, 2.05) is 12.3 Å². The number of rotatable bonds is 5. The standard InChI is InChI=1S/C15H25N3/c1-3-15(4-2)18-11-9-17(10-12-18)13-14-7-5-6-8-16-14/h5-8,15H,3-4,9-13H2,1-2H3. The Labute approximate surface area is 111 Å². The summed E-state index contributed by atoms with van der Waals surface area (Å²) in [5, 5.41) is 0. The summed E-state index contributed by atoms with van der Waals surface area (Å²) in [6.45, 7) is 10.4. The molecule has 1 aliphatic heterocycles. The van der Waals surface area contributed by atoms with Crippen molar-refractivity contribution >= 4 is 0 Å². The molecule has 3 heteroatoms. The average Bonchev–Trinajstić information content (AvgIpc) is 2.43. The zero-order chi connectivity index (χ0) is 12.8. The molecule has 0 amide bonds. The second kappa shape index (κ2) is 6.86. The molecule has 0 spiro atoms. The monoisotopic (exact) mass is 247 g/mol. The van der Waals surface area contributed by atoms with E-state index < -0.39 is 0 Å². The van der Waals surface area contributed by atoms with Crippen molar-refractivity contribution in [2.24, 2.45) is 0 Å². The van der Waals surface area contributed by atoms with Gasteiger partial charge in [-0.3, -0.25) is 14.8 Å². The molecule has 3 nitrogen and oxygen atoms in total. The molecule has 0 aromatic carbocycles. The maximum Gasteiger partial charge on any atom is 0.0543 e. The minimum Gasteiger partial charge on any atom is -0.298 e. The lowest BCUT2D eigenvalue weighted by Gasteiger charge is -2.38. The summed E-state index contributed by atoms with van der Waals surface area (Å²) in [6.07, 6.45) is 4.43. The van der Waals surface area contributed by atoms with Gasteiger partial charge in [-0.05, 0) is 25.0 Å². The van der Waals surface area contributed by atoms with Crippen LogP contribution in [0.4, 0.5) is 0 Å². The molecule has 2 rings (SSSR count). The molecule has 0 atom stereocenters. The molecule has 100 valence electrons. The fraction of sp³-hybridized carbons (Fsp3) is 0.667. The van der Waals surface area contributed by atoms with Crippen molar-refractivity contribution in [3.05, 3.63) is 30.1 Å². The van der Waals surface area contributed by atoms with Gasteiger partial charge in [0.05, 0.1) is 5.69 Å². The van der Waals surface area contributed by atoms with E-state index in [4.69, 9.17) is 0 Å². The van der Waals surface area contributed by atoms with E-state index in [9.17, 15) is 0 Å². The lowest BCUT2D eigenvalue weighted by molar-refractivity contribution is 0.0874. The third-order valence-corrected chi connectivity index (χ3v) is 3.98. The van der Waals surface area contributed by atoms with Crippen LogP contribution in [0.2, 0.25) is 0 Å². The van der Waals surface area contributed by atoms with Crippen molar-refractivity contribution < 1.29 is 0 Å². The number of pyridine rings is 1. The van der Waals surface area contributed by atoms with E-state index in [0.29, 0.717) is 0 Å². The first-order valence-electron chi connectivity index (χ1n) is 7.19. The van der Waals surface area contributed by atoms with Crippen LogP contribution in [0, 0.1) is 0 Å². The minimum absolute atomic E-state index is 0.780. The van der Waals surface area contributed by atoms with Gasteiger partial charge in [-0.25, -0.2) is 0 Å². The second-order valence-electron chi connectivity index (χ2n) is 5.10. The zero-order valence-electron chi connectivity index (χ0n) is 11.7. The highest BCUT2D eigenvalue weighted by Crippen LogP contribution is 2.13. The van der Waals surface area contributed by atoms with Crippen molar-refractivity contribution in [2.45, 2.75) is 39.3 Å². The molecule has 0 saturated carbocycles. The average molecular weight is 247 g/mol. The molecule has 1 aromatic heterocycles. The van der Waals surface area contributed by atoms with Crippen LogP contribution in [0.1, 0.15) is 32.4 Å². The third-order valence-electron chi connectivity index (χ3n) is 3.98. The summed E-state index contributed by atoms with van der Waals surface area (Å²) in [5.41, 5.74) is 1.19. The summed E-state index contributed by atoms with van der Waals surface area (Å²) in [5.74, 6) is 0. The molecule has 0 aliphatic carbocycles. The molecule has 0 radical (unpaired) electrons. The van der Waals surface area contributed by atoms with Crippen molar-refractivity contribution in [2.75, 3.05) is 26.2 Å². The Balaban J connectivity index is 1.80. The summed E-state index contributed by atoms with van der Waals surface area (Å²) in [4.78, 5) is 9.57. The Morgan fingerprint density at radius 3 is 2.39 bits per heavy atom. The molecule has 0 N–H and O–H groups in total. The van der Waals surface area contributed by atoms with Gasteiger partial charge in [-0.15, -0.1) is 0 Å². The maximum absolute atomic E-state index is 4.40. The number of hydrogen-bond donors (Lipinski definition) is 0. The Kier molecular flexibility index (Phi) is 5.14. The molecule has 1 fully saturated rings. The normalized spacial score (nSPS) is 18.4. The van der Waals surface area contributed by atoms with Crippen LogP contribution in [-0.2, 0) is 6.54 Å². The van der Waals surface area contributed by atoms with Crippen LogP contribution in [0.3, 0.4) is 0 Å². The van der Waals surface area contributed by atoms with Crippen LogP contribution in [0.15, 0.2) is 24.4 Å². The molecule has 1 aliphatic rings. The largest absolute Gasteiger partial charge is 0.298 e. The van der Waals surface area contributed by atoms with Gasteiger partial charge in [0.2, 0.25) is 0 Å². The topological polar surface area (TPSA) is 19.4 Å². The van der Waals surface area contributed by atoms with Crippen molar-refractivity contribution in [3.63, 3.8) is 0 Å². The Hall–Kier alpha value is -0.930. The van der Waals surface area contributed by atoms with Crippen molar-refractivity contribution in [3.8, 4) is 0 Å². The van der Waals surface area contributed by atoms with Gasteiger partial charge in [-0.1, -0.05) is 19.9 Å². The summed E-state index contributed by atoms with van der Waals surface area (Å²) < 4.78 is 0. The maximum atomic E-state index is 4.40. The molecule has 1 aromatic rings. The fourth-order valence-corrected chi connectivity index (χ4v) is 2.81. The number of piperazine rings is 1. The summed E-state index contributed by atoms with van der Waals surface area (Å²) >= 11 is 0. The van der Waals surface area contributed by atoms with Crippen molar-refractivity contribution in [1.29, 1.82) is 0 Å². The van der Waals surface area contributed by atoms with Gasteiger partial charge in [-0.2, -0.15) is 0 Å². The molecule has 18 heavy (non-hydrogen) atoms. The minimum atomic E-state index is 0.780. The first-order chi connectivity index (χ1) is 8.83. The highest BCUT2D eigenvalue weighted by molar-refractivity contribution is 5.03. The lowest BCUT2D eigenvalue weighted by Crippen LogP contribution is -2.49. The van der Waals surface area contributed by atoms with E-state index in [-0.39, 0.29) is 0 Å². The van der Waals surface area contributed by atoms with Gasteiger partial charge < -0.3 is 0 Å². The highest BCUT2D eigenvalue weighted by Gasteiger charge is 2.21. The smallest absolute Gasteiger partial charge is 0.0543 e. The van der Waals surface area contributed by atoms with E-state index in [1.54, 1.807) is 0 Å². The van der Waals surface area contributed by atoms with Gasteiger partial charge in [0.15, 0.2) is 0 Å². The van der Waals surface area contributed by atoms with E-state index >= 15 is 0 Å². The molecular weight excluding hydrogens is 222 g/mol. The summed E-state index contributed by atoms with van der Waals surface area (Å²) in [7, 11) is 0. The first-order valence-corrected chi connectivity index (χ1v) is 7.19.